The molecule has 1 aliphatic carbocycles. The summed E-state index contributed by atoms with van der Waals surface area (Å²) in [4.78, 5) is 13.8. The summed E-state index contributed by atoms with van der Waals surface area (Å²) in [5, 5.41) is 3.15. The second kappa shape index (κ2) is 8.95. The van der Waals surface area contributed by atoms with Crippen molar-refractivity contribution in [2.24, 2.45) is 11.7 Å². The molecule has 3 unspecified atom stereocenters. The molecule has 0 heterocycles. The molecule has 1 fully saturated rings. The highest BCUT2D eigenvalue weighted by Crippen LogP contribution is 2.32. The molecule has 0 spiro atoms. The molecule has 0 bridgehead atoms. The minimum Gasteiger partial charge on any atom is -0.349 e. The first-order chi connectivity index (χ1) is 10.4. The van der Waals surface area contributed by atoms with Crippen molar-refractivity contribution in [1.82, 2.24) is 5.32 Å². The maximum absolute atomic E-state index is 12.6. The molecule has 3 nitrogen and oxygen atoms in total. The minimum absolute atomic E-state index is 0. The van der Waals surface area contributed by atoms with Crippen molar-refractivity contribution in [2.45, 2.75) is 62.9 Å². The molecular weight excluding hydrogens is 328 g/mol. The number of hydrogen-bond donors (Lipinski definition) is 2. The van der Waals surface area contributed by atoms with E-state index in [4.69, 9.17) is 5.73 Å². The fourth-order valence-corrected chi connectivity index (χ4v) is 3.87. The predicted molar refractivity (Wildman–Crippen MR) is 101 cm³/mol. The highest BCUT2D eigenvalue weighted by atomic mass is 35.5. The highest BCUT2D eigenvalue weighted by molar-refractivity contribution is 7.99. The fraction of sp³-hybridized carbons (Fsp3) is 0.611. The zero-order chi connectivity index (χ0) is 16.2. The Kier molecular flexibility index (Phi) is 7.91. The molecule has 23 heavy (non-hydrogen) atoms. The number of benzene rings is 1. The van der Waals surface area contributed by atoms with E-state index in [1.165, 1.54) is 4.90 Å². The van der Waals surface area contributed by atoms with Crippen molar-refractivity contribution >= 4 is 30.1 Å². The third-order valence-electron chi connectivity index (χ3n) is 4.62. The van der Waals surface area contributed by atoms with E-state index in [9.17, 15) is 4.79 Å². The highest BCUT2D eigenvalue weighted by Gasteiger charge is 2.38. The van der Waals surface area contributed by atoms with Gasteiger partial charge in [0.2, 0.25) is 5.91 Å². The number of hydrogen-bond acceptors (Lipinski definition) is 3. The molecule has 5 heteroatoms. The molecule has 0 aromatic heterocycles. The van der Waals surface area contributed by atoms with Crippen LogP contribution in [0.3, 0.4) is 0 Å². The van der Waals surface area contributed by atoms with Gasteiger partial charge < -0.3 is 11.1 Å². The zero-order valence-electron chi connectivity index (χ0n) is 14.3. The molecule has 0 radical (unpaired) electrons. The van der Waals surface area contributed by atoms with Crippen molar-refractivity contribution in [2.75, 3.05) is 5.75 Å². The maximum Gasteiger partial charge on any atom is 0.225 e. The minimum atomic E-state index is -0.371. The summed E-state index contributed by atoms with van der Waals surface area (Å²) in [6.07, 6.45) is 4.06. The molecule has 2 rings (SSSR count). The second-order valence-corrected chi connectivity index (χ2v) is 7.87. The van der Waals surface area contributed by atoms with Gasteiger partial charge in [0, 0.05) is 10.4 Å². The Morgan fingerprint density at radius 1 is 1.39 bits per heavy atom. The van der Waals surface area contributed by atoms with Gasteiger partial charge in [-0.15, -0.1) is 24.2 Å². The smallest absolute Gasteiger partial charge is 0.225 e. The zero-order valence-corrected chi connectivity index (χ0v) is 15.9. The van der Waals surface area contributed by atoms with Gasteiger partial charge in [-0.05, 0) is 50.1 Å². The summed E-state index contributed by atoms with van der Waals surface area (Å²) in [5.74, 6) is 1.10. The normalized spacial score (nSPS) is 25.3. The molecular formula is C18H29ClN2OS. The van der Waals surface area contributed by atoms with E-state index in [1.807, 2.05) is 25.6 Å². The van der Waals surface area contributed by atoms with Crippen LogP contribution in [-0.2, 0) is 4.79 Å². The van der Waals surface area contributed by atoms with Crippen molar-refractivity contribution in [1.29, 1.82) is 0 Å². The number of halogens is 1. The van der Waals surface area contributed by atoms with Crippen LogP contribution in [0, 0.1) is 5.92 Å². The largest absolute Gasteiger partial charge is 0.349 e. The number of nitrogens with two attached hydrogens (primary N) is 1. The number of carbonyl (C=O) groups is 1. The van der Waals surface area contributed by atoms with Crippen molar-refractivity contribution in [3.8, 4) is 0 Å². The van der Waals surface area contributed by atoms with Gasteiger partial charge in [0.25, 0.3) is 0 Å². The maximum atomic E-state index is 12.6. The monoisotopic (exact) mass is 356 g/mol. The van der Waals surface area contributed by atoms with Crippen molar-refractivity contribution in [3.63, 3.8) is 0 Å². The lowest BCUT2D eigenvalue weighted by molar-refractivity contribution is -0.128. The summed E-state index contributed by atoms with van der Waals surface area (Å²) < 4.78 is 0. The lowest BCUT2D eigenvalue weighted by atomic mass is 9.74. The Balaban J connectivity index is 0.00000264. The SMILES string of the molecule is CCSc1ccc(C(C)NC(=O)C2CCCCC2(C)N)cc1.Cl. The molecule has 0 saturated heterocycles. The van der Waals surface area contributed by atoms with E-state index in [0.29, 0.717) is 0 Å². The Morgan fingerprint density at radius 3 is 2.61 bits per heavy atom. The molecule has 1 saturated carbocycles. The summed E-state index contributed by atoms with van der Waals surface area (Å²) in [6, 6.07) is 8.47. The number of thioether (sulfide) groups is 1. The third-order valence-corrected chi connectivity index (χ3v) is 5.51. The van der Waals surface area contributed by atoms with Crippen molar-refractivity contribution < 1.29 is 4.79 Å². The van der Waals surface area contributed by atoms with Crippen LogP contribution in [0.1, 0.15) is 58.1 Å². The van der Waals surface area contributed by atoms with Gasteiger partial charge in [-0.25, -0.2) is 0 Å². The number of carbonyl (C=O) groups excluding carboxylic acids is 1. The van der Waals surface area contributed by atoms with Crippen LogP contribution in [0.25, 0.3) is 0 Å². The molecule has 130 valence electrons. The van der Waals surface area contributed by atoms with Gasteiger partial charge in [0.05, 0.1) is 12.0 Å². The molecule has 0 aliphatic heterocycles. The molecule has 1 aromatic rings. The van der Waals surface area contributed by atoms with Crippen LogP contribution in [-0.4, -0.2) is 17.2 Å². The number of rotatable bonds is 5. The first-order valence-corrected chi connectivity index (χ1v) is 9.24. The van der Waals surface area contributed by atoms with E-state index in [0.717, 1.165) is 37.0 Å². The van der Waals surface area contributed by atoms with E-state index >= 15 is 0 Å². The summed E-state index contributed by atoms with van der Waals surface area (Å²) in [5.41, 5.74) is 7.10. The van der Waals surface area contributed by atoms with E-state index in [-0.39, 0.29) is 35.8 Å². The molecule has 3 atom stereocenters. The first kappa shape index (κ1) is 20.3. The van der Waals surface area contributed by atoms with Crippen LogP contribution in [0.5, 0.6) is 0 Å². The van der Waals surface area contributed by atoms with Crippen LogP contribution in [0.2, 0.25) is 0 Å². The predicted octanol–water partition coefficient (Wildman–Crippen LogP) is 4.31. The standard InChI is InChI=1S/C18H28N2OS.ClH/c1-4-22-15-10-8-14(9-11-15)13(2)20-17(21)16-7-5-6-12-18(16,3)19;/h8-11,13,16H,4-7,12,19H2,1-3H3,(H,20,21);1H. The van der Waals surface area contributed by atoms with Gasteiger partial charge in [-0.2, -0.15) is 0 Å². The van der Waals surface area contributed by atoms with E-state index < -0.39 is 0 Å². The molecule has 1 aliphatic rings. The van der Waals surface area contributed by atoms with E-state index in [1.54, 1.807) is 0 Å². The molecule has 3 N–H and O–H groups in total. The van der Waals surface area contributed by atoms with Gasteiger partial charge in [-0.3, -0.25) is 4.79 Å². The Labute approximate surface area is 150 Å². The summed E-state index contributed by atoms with van der Waals surface area (Å²) in [6.45, 7) is 6.20. The quantitative estimate of drug-likeness (QED) is 0.773. The second-order valence-electron chi connectivity index (χ2n) is 6.54. The first-order valence-electron chi connectivity index (χ1n) is 8.26. The summed E-state index contributed by atoms with van der Waals surface area (Å²) in [7, 11) is 0. The van der Waals surface area contributed by atoms with Gasteiger partial charge in [-0.1, -0.05) is 31.9 Å². The van der Waals surface area contributed by atoms with Gasteiger partial charge >= 0.3 is 0 Å². The average Bonchev–Trinajstić information content (AvgIpc) is 2.47. The van der Waals surface area contributed by atoms with Crippen molar-refractivity contribution in [3.05, 3.63) is 29.8 Å². The number of nitrogens with one attached hydrogen (secondary N) is 1. The van der Waals surface area contributed by atoms with Crippen LogP contribution < -0.4 is 11.1 Å². The fourth-order valence-electron chi connectivity index (χ4n) is 3.21. The Bertz CT molecular complexity index is 504. The lowest BCUT2D eigenvalue weighted by Crippen LogP contribution is -2.53. The third kappa shape index (κ3) is 5.40. The lowest BCUT2D eigenvalue weighted by Gasteiger charge is -2.37. The van der Waals surface area contributed by atoms with Gasteiger partial charge in [0.1, 0.15) is 0 Å². The molecule has 1 amide bonds. The van der Waals surface area contributed by atoms with E-state index in [2.05, 4.69) is 36.5 Å². The topological polar surface area (TPSA) is 55.1 Å². The van der Waals surface area contributed by atoms with Gasteiger partial charge in [0.15, 0.2) is 0 Å². The Hall–Kier alpha value is -0.710. The average molecular weight is 357 g/mol. The summed E-state index contributed by atoms with van der Waals surface area (Å²) >= 11 is 1.83. The Morgan fingerprint density at radius 2 is 2.04 bits per heavy atom. The van der Waals surface area contributed by atoms with Crippen LogP contribution in [0.15, 0.2) is 29.2 Å². The van der Waals surface area contributed by atoms with Crippen LogP contribution in [0.4, 0.5) is 0 Å². The number of amides is 1. The van der Waals surface area contributed by atoms with Crippen LogP contribution >= 0.6 is 24.2 Å². The molecule has 1 aromatic carbocycles.